The van der Waals surface area contributed by atoms with Gasteiger partial charge in [0, 0.05) is 0 Å². The average Bonchev–Trinajstić information content (AvgIpc) is 2.53. The van der Waals surface area contributed by atoms with Crippen molar-refractivity contribution in [3.05, 3.63) is 53.6 Å². The SMILES string of the molecule is C=C(/C=C/c1ccc(C)cc1)CC1CC(C)C(C#N)C(CC)C1. The molecule has 0 aromatic heterocycles. The van der Waals surface area contributed by atoms with Crippen LogP contribution in [0.25, 0.3) is 6.08 Å². The van der Waals surface area contributed by atoms with Gasteiger partial charge >= 0.3 is 0 Å². The second kappa shape index (κ2) is 8.16. The second-order valence-corrected chi connectivity index (χ2v) is 7.24. The maximum atomic E-state index is 9.38. The molecule has 1 saturated carbocycles. The lowest BCUT2D eigenvalue weighted by Crippen LogP contribution is -2.30. The summed E-state index contributed by atoms with van der Waals surface area (Å²) in [6, 6.07) is 11.1. The van der Waals surface area contributed by atoms with Crippen LogP contribution in [0.4, 0.5) is 0 Å². The summed E-state index contributed by atoms with van der Waals surface area (Å²) in [6.45, 7) is 10.8. The summed E-state index contributed by atoms with van der Waals surface area (Å²) in [5, 5.41) is 9.38. The van der Waals surface area contributed by atoms with Crippen molar-refractivity contribution in [2.24, 2.45) is 23.7 Å². The van der Waals surface area contributed by atoms with Crippen LogP contribution in [0.3, 0.4) is 0 Å². The van der Waals surface area contributed by atoms with Crippen molar-refractivity contribution in [2.45, 2.75) is 46.5 Å². The van der Waals surface area contributed by atoms with E-state index in [2.05, 4.69) is 69.8 Å². The molecule has 23 heavy (non-hydrogen) atoms. The van der Waals surface area contributed by atoms with E-state index < -0.39 is 0 Å². The maximum Gasteiger partial charge on any atom is 0.0661 e. The summed E-state index contributed by atoms with van der Waals surface area (Å²) in [5.41, 5.74) is 3.72. The maximum absolute atomic E-state index is 9.38. The van der Waals surface area contributed by atoms with E-state index >= 15 is 0 Å². The van der Waals surface area contributed by atoms with Gasteiger partial charge in [-0.3, -0.25) is 0 Å². The Kier molecular flexibility index (Phi) is 6.22. The van der Waals surface area contributed by atoms with E-state index in [1.165, 1.54) is 23.1 Å². The molecule has 0 aliphatic heterocycles. The van der Waals surface area contributed by atoms with E-state index in [4.69, 9.17) is 0 Å². The molecule has 1 aliphatic carbocycles. The summed E-state index contributed by atoms with van der Waals surface area (Å²) in [7, 11) is 0. The van der Waals surface area contributed by atoms with Crippen LogP contribution in [0.5, 0.6) is 0 Å². The van der Waals surface area contributed by atoms with Crippen LogP contribution in [0.2, 0.25) is 0 Å². The molecule has 1 fully saturated rings. The molecule has 4 unspecified atom stereocenters. The summed E-state index contributed by atoms with van der Waals surface area (Å²) in [5.74, 6) is 1.99. The predicted molar refractivity (Wildman–Crippen MR) is 98.7 cm³/mol. The molecule has 0 amide bonds. The van der Waals surface area contributed by atoms with Crippen molar-refractivity contribution in [3.63, 3.8) is 0 Å². The first-order valence-electron chi connectivity index (χ1n) is 8.85. The molecule has 1 aromatic carbocycles. The third-order valence-electron chi connectivity index (χ3n) is 5.28. The molecule has 0 heterocycles. The number of allylic oxidation sites excluding steroid dienone is 2. The van der Waals surface area contributed by atoms with Crippen LogP contribution in [0.15, 0.2) is 42.5 Å². The van der Waals surface area contributed by atoms with E-state index in [9.17, 15) is 5.26 Å². The Balaban J connectivity index is 1.92. The number of hydrogen-bond acceptors (Lipinski definition) is 1. The van der Waals surface area contributed by atoms with Crippen LogP contribution >= 0.6 is 0 Å². The summed E-state index contributed by atoms with van der Waals surface area (Å²) < 4.78 is 0. The Morgan fingerprint density at radius 1 is 1.30 bits per heavy atom. The van der Waals surface area contributed by atoms with Crippen molar-refractivity contribution in [3.8, 4) is 6.07 Å². The molecule has 1 nitrogen and oxygen atoms in total. The van der Waals surface area contributed by atoms with Gasteiger partial charge in [-0.2, -0.15) is 5.26 Å². The monoisotopic (exact) mass is 307 g/mol. The molecule has 1 aliphatic rings. The van der Waals surface area contributed by atoms with Crippen molar-refractivity contribution in [1.82, 2.24) is 0 Å². The number of hydrogen-bond donors (Lipinski definition) is 0. The molecular weight excluding hydrogens is 278 g/mol. The van der Waals surface area contributed by atoms with Crippen LogP contribution in [0, 0.1) is 41.9 Å². The number of nitriles is 1. The Morgan fingerprint density at radius 2 is 2.00 bits per heavy atom. The largest absolute Gasteiger partial charge is 0.198 e. The molecule has 0 N–H and O–H groups in total. The van der Waals surface area contributed by atoms with Gasteiger partial charge in [-0.1, -0.05) is 74.4 Å². The van der Waals surface area contributed by atoms with Gasteiger partial charge in [0.1, 0.15) is 0 Å². The minimum atomic E-state index is 0.243. The summed E-state index contributed by atoms with van der Waals surface area (Å²) >= 11 is 0. The molecule has 0 bridgehead atoms. The normalized spacial score (nSPS) is 27.7. The topological polar surface area (TPSA) is 23.8 Å². The van der Waals surface area contributed by atoms with E-state index in [1.807, 2.05) is 0 Å². The van der Waals surface area contributed by atoms with Gasteiger partial charge in [-0.15, -0.1) is 0 Å². The lowest BCUT2D eigenvalue weighted by molar-refractivity contribution is 0.151. The van der Waals surface area contributed by atoms with Crippen molar-refractivity contribution < 1.29 is 0 Å². The fourth-order valence-corrected chi connectivity index (χ4v) is 3.96. The minimum Gasteiger partial charge on any atom is -0.198 e. The van der Waals surface area contributed by atoms with Crippen LogP contribution in [-0.4, -0.2) is 0 Å². The molecule has 0 radical (unpaired) electrons. The molecule has 0 spiro atoms. The van der Waals surface area contributed by atoms with E-state index in [1.54, 1.807) is 0 Å². The van der Waals surface area contributed by atoms with E-state index in [0.29, 0.717) is 17.8 Å². The number of nitrogens with zero attached hydrogens (tertiary/aromatic N) is 1. The Labute approximate surface area is 141 Å². The van der Waals surface area contributed by atoms with Crippen LogP contribution in [-0.2, 0) is 0 Å². The number of rotatable bonds is 5. The fourth-order valence-electron chi connectivity index (χ4n) is 3.96. The van der Waals surface area contributed by atoms with E-state index in [-0.39, 0.29) is 5.92 Å². The third kappa shape index (κ3) is 4.83. The van der Waals surface area contributed by atoms with Crippen LogP contribution in [0.1, 0.15) is 50.7 Å². The third-order valence-corrected chi connectivity index (χ3v) is 5.28. The zero-order chi connectivity index (χ0) is 16.8. The van der Waals surface area contributed by atoms with Crippen molar-refractivity contribution in [2.75, 3.05) is 0 Å². The first-order chi connectivity index (χ1) is 11.0. The first-order valence-corrected chi connectivity index (χ1v) is 8.85. The van der Waals surface area contributed by atoms with Crippen molar-refractivity contribution >= 4 is 6.08 Å². The van der Waals surface area contributed by atoms with Gasteiger partial charge in [0.15, 0.2) is 0 Å². The zero-order valence-corrected chi connectivity index (χ0v) is 14.8. The zero-order valence-electron chi connectivity index (χ0n) is 14.8. The lowest BCUT2D eigenvalue weighted by Gasteiger charge is -2.37. The molecule has 4 atom stereocenters. The fraction of sp³-hybridized carbons (Fsp3) is 0.500. The van der Waals surface area contributed by atoms with E-state index in [0.717, 1.165) is 19.3 Å². The van der Waals surface area contributed by atoms with Gasteiger partial charge in [0.2, 0.25) is 0 Å². The molecular formula is C22H29N. The van der Waals surface area contributed by atoms with Gasteiger partial charge in [-0.05, 0) is 49.5 Å². The Hall–Kier alpha value is -1.81. The minimum absolute atomic E-state index is 0.243. The highest BCUT2D eigenvalue weighted by atomic mass is 14.4. The Morgan fingerprint density at radius 3 is 2.61 bits per heavy atom. The highest BCUT2D eigenvalue weighted by Crippen LogP contribution is 2.41. The quantitative estimate of drug-likeness (QED) is 0.597. The predicted octanol–water partition coefficient (Wildman–Crippen LogP) is 6.17. The average molecular weight is 307 g/mol. The van der Waals surface area contributed by atoms with Gasteiger partial charge in [-0.25, -0.2) is 0 Å². The summed E-state index contributed by atoms with van der Waals surface area (Å²) in [4.78, 5) is 0. The lowest BCUT2D eigenvalue weighted by atomic mass is 9.67. The van der Waals surface area contributed by atoms with Crippen LogP contribution < -0.4 is 0 Å². The smallest absolute Gasteiger partial charge is 0.0661 e. The summed E-state index contributed by atoms with van der Waals surface area (Å²) in [6.07, 6.45) is 8.82. The molecule has 1 heteroatoms. The number of benzene rings is 1. The van der Waals surface area contributed by atoms with Gasteiger partial charge < -0.3 is 0 Å². The second-order valence-electron chi connectivity index (χ2n) is 7.24. The van der Waals surface area contributed by atoms with Gasteiger partial charge in [0.25, 0.3) is 0 Å². The molecule has 2 rings (SSSR count). The highest BCUT2D eigenvalue weighted by molar-refractivity contribution is 5.52. The molecule has 1 aromatic rings. The number of aryl methyl sites for hydroxylation is 1. The Bertz CT molecular complexity index is 587. The first kappa shape index (κ1) is 17.5. The standard InChI is InChI=1S/C22H29N/c1-5-21-14-20(13-18(4)22(21)15-23)12-17(3)8-11-19-9-6-16(2)7-10-19/h6-11,18,20-22H,3,5,12-14H2,1-2,4H3/b11-8+. The van der Waals surface area contributed by atoms with Crippen molar-refractivity contribution in [1.29, 1.82) is 5.26 Å². The molecule has 0 saturated heterocycles. The molecule has 122 valence electrons. The highest BCUT2D eigenvalue weighted by Gasteiger charge is 2.34. The van der Waals surface area contributed by atoms with Gasteiger partial charge in [0.05, 0.1) is 12.0 Å².